The average Bonchev–Trinajstić information content (AvgIpc) is 2.91. The number of methoxy groups -OCH3 is 1. The first kappa shape index (κ1) is 28.2. The third-order valence-corrected chi connectivity index (χ3v) is 5.89. The second kappa shape index (κ2) is 13.8. The Hall–Kier alpha value is -4.38. The number of amides is 3. The van der Waals surface area contributed by atoms with Crippen molar-refractivity contribution < 1.29 is 28.6 Å². The minimum atomic E-state index is -0.936. The standard InChI is InChI=1S/C27H27BrN4O6/c1-4-37-24-14-18(15-29-32-27(35)26(34)31-19-6-9-21(36-3)10-7-19)5-12-23(24)38-16-25(33)30-20-8-11-22(28)17(2)13-20/h5-15H,4,16H2,1-3H3,(H,30,33)(H,31,34)(H,32,35)/b29-15-. The van der Waals surface area contributed by atoms with E-state index >= 15 is 0 Å². The Labute approximate surface area is 228 Å². The van der Waals surface area contributed by atoms with E-state index in [1.807, 2.05) is 26.0 Å². The third kappa shape index (κ3) is 8.34. The molecule has 0 radical (unpaired) electrons. The minimum absolute atomic E-state index is 0.220. The lowest BCUT2D eigenvalue weighted by Gasteiger charge is -2.13. The first-order valence-electron chi connectivity index (χ1n) is 11.5. The van der Waals surface area contributed by atoms with Crippen LogP contribution in [0.5, 0.6) is 17.2 Å². The van der Waals surface area contributed by atoms with E-state index in [-0.39, 0.29) is 12.5 Å². The molecule has 198 valence electrons. The average molecular weight is 583 g/mol. The molecule has 3 amide bonds. The van der Waals surface area contributed by atoms with Gasteiger partial charge in [0.1, 0.15) is 5.75 Å². The first-order valence-corrected chi connectivity index (χ1v) is 12.3. The van der Waals surface area contributed by atoms with Crippen molar-refractivity contribution in [2.45, 2.75) is 13.8 Å². The molecule has 0 spiro atoms. The summed E-state index contributed by atoms with van der Waals surface area (Å²) in [6.07, 6.45) is 1.35. The van der Waals surface area contributed by atoms with Gasteiger partial charge in [-0.05, 0) is 85.6 Å². The lowest BCUT2D eigenvalue weighted by Crippen LogP contribution is -2.32. The monoisotopic (exact) mass is 582 g/mol. The van der Waals surface area contributed by atoms with Crippen LogP contribution in [0, 0.1) is 6.92 Å². The number of nitrogens with one attached hydrogen (secondary N) is 3. The van der Waals surface area contributed by atoms with Gasteiger partial charge in [0, 0.05) is 15.8 Å². The number of carbonyl (C=O) groups is 3. The molecule has 0 atom stereocenters. The molecule has 10 nitrogen and oxygen atoms in total. The third-order valence-electron chi connectivity index (χ3n) is 5.00. The predicted molar refractivity (Wildman–Crippen MR) is 148 cm³/mol. The topological polar surface area (TPSA) is 127 Å². The summed E-state index contributed by atoms with van der Waals surface area (Å²) < 4.78 is 17.3. The van der Waals surface area contributed by atoms with Gasteiger partial charge in [-0.25, -0.2) is 5.43 Å². The number of ether oxygens (including phenoxy) is 3. The Bertz CT molecular complexity index is 1330. The number of hydrogen-bond acceptors (Lipinski definition) is 7. The molecule has 0 fully saturated rings. The van der Waals surface area contributed by atoms with E-state index in [0.29, 0.717) is 40.8 Å². The number of nitrogens with zero attached hydrogens (tertiary/aromatic N) is 1. The molecule has 0 bridgehead atoms. The number of benzene rings is 3. The van der Waals surface area contributed by atoms with Gasteiger partial charge < -0.3 is 24.8 Å². The summed E-state index contributed by atoms with van der Waals surface area (Å²) in [6, 6.07) is 17.0. The highest BCUT2D eigenvalue weighted by Gasteiger charge is 2.13. The van der Waals surface area contributed by atoms with Crippen LogP contribution in [-0.4, -0.2) is 44.3 Å². The molecule has 0 unspecified atom stereocenters. The quantitative estimate of drug-likeness (QED) is 0.186. The number of hydrogen-bond donors (Lipinski definition) is 3. The lowest BCUT2D eigenvalue weighted by molar-refractivity contribution is -0.136. The maximum Gasteiger partial charge on any atom is 0.329 e. The molecule has 11 heteroatoms. The number of rotatable bonds is 10. The number of halogens is 1. The zero-order valence-electron chi connectivity index (χ0n) is 21.0. The van der Waals surface area contributed by atoms with Crippen molar-refractivity contribution in [3.05, 3.63) is 76.3 Å². The van der Waals surface area contributed by atoms with Crippen molar-refractivity contribution in [2.24, 2.45) is 5.10 Å². The maximum absolute atomic E-state index is 12.3. The fourth-order valence-electron chi connectivity index (χ4n) is 3.13. The van der Waals surface area contributed by atoms with Crippen LogP contribution in [0.25, 0.3) is 0 Å². The highest BCUT2D eigenvalue weighted by molar-refractivity contribution is 9.10. The van der Waals surface area contributed by atoms with Crippen LogP contribution in [0.3, 0.4) is 0 Å². The van der Waals surface area contributed by atoms with Crippen molar-refractivity contribution in [2.75, 3.05) is 31.0 Å². The normalized spacial score (nSPS) is 10.5. The van der Waals surface area contributed by atoms with Crippen molar-refractivity contribution in [1.82, 2.24) is 5.43 Å². The SMILES string of the molecule is CCOc1cc(/C=N\NC(=O)C(=O)Nc2ccc(OC)cc2)ccc1OCC(=O)Nc1ccc(Br)c(C)c1. The van der Waals surface area contributed by atoms with Crippen LogP contribution in [0.1, 0.15) is 18.1 Å². The fourth-order valence-corrected chi connectivity index (χ4v) is 3.38. The van der Waals surface area contributed by atoms with Gasteiger partial charge in [0.2, 0.25) is 0 Å². The number of aryl methyl sites for hydroxylation is 1. The van der Waals surface area contributed by atoms with E-state index in [9.17, 15) is 14.4 Å². The van der Waals surface area contributed by atoms with Gasteiger partial charge >= 0.3 is 11.8 Å². The molecule has 0 heterocycles. The van der Waals surface area contributed by atoms with E-state index in [1.165, 1.54) is 13.3 Å². The smallest absolute Gasteiger partial charge is 0.329 e. The van der Waals surface area contributed by atoms with Crippen LogP contribution in [-0.2, 0) is 14.4 Å². The number of anilines is 2. The van der Waals surface area contributed by atoms with Crippen molar-refractivity contribution in [3.63, 3.8) is 0 Å². The molecule has 38 heavy (non-hydrogen) atoms. The zero-order chi connectivity index (χ0) is 27.5. The summed E-state index contributed by atoms with van der Waals surface area (Å²) in [5.74, 6) is -0.743. The van der Waals surface area contributed by atoms with Gasteiger partial charge in [-0.2, -0.15) is 5.10 Å². The van der Waals surface area contributed by atoms with E-state index < -0.39 is 11.8 Å². The van der Waals surface area contributed by atoms with Crippen LogP contribution in [0.15, 0.2) is 70.2 Å². The molecule has 0 aliphatic rings. The summed E-state index contributed by atoms with van der Waals surface area (Å²) >= 11 is 3.43. The Morgan fingerprint density at radius 2 is 1.63 bits per heavy atom. The zero-order valence-corrected chi connectivity index (χ0v) is 22.6. The largest absolute Gasteiger partial charge is 0.497 e. The molecular weight excluding hydrogens is 556 g/mol. The molecule has 0 saturated carbocycles. The molecule has 0 aliphatic carbocycles. The molecule has 3 rings (SSSR count). The Kier molecular flexibility index (Phi) is 10.2. The van der Waals surface area contributed by atoms with Crippen LogP contribution in [0.2, 0.25) is 0 Å². The Morgan fingerprint density at radius 3 is 2.32 bits per heavy atom. The fraction of sp³-hybridized carbons (Fsp3) is 0.185. The summed E-state index contributed by atoms with van der Waals surface area (Å²) in [6.45, 7) is 3.89. The molecule has 3 aromatic carbocycles. The maximum atomic E-state index is 12.3. The summed E-state index contributed by atoms with van der Waals surface area (Å²) in [5.41, 5.74) is 4.85. The minimum Gasteiger partial charge on any atom is -0.497 e. The molecular formula is C27H27BrN4O6. The van der Waals surface area contributed by atoms with E-state index in [2.05, 4.69) is 37.1 Å². The van der Waals surface area contributed by atoms with Gasteiger partial charge in [0.15, 0.2) is 18.1 Å². The van der Waals surface area contributed by atoms with E-state index in [1.54, 1.807) is 48.5 Å². The van der Waals surface area contributed by atoms with Crippen molar-refractivity contribution in [3.8, 4) is 17.2 Å². The second-order valence-electron chi connectivity index (χ2n) is 7.82. The molecule has 3 N–H and O–H groups in total. The van der Waals surface area contributed by atoms with E-state index in [0.717, 1.165) is 10.0 Å². The predicted octanol–water partition coefficient (Wildman–Crippen LogP) is 4.27. The summed E-state index contributed by atoms with van der Waals surface area (Å²) in [4.78, 5) is 36.5. The number of carbonyl (C=O) groups excluding carboxylic acids is 3. The second-order valence-corrected chi connectivity index (χ2v) is 8.68. The first-order chi connectivity index (χ1) is 18.3. The Balaban J connectivity index is 1.55. The van der Waals surface area contributed by atoms with Crippen molar-refractivity contribution >= 4 is 51.2 Å². The van der Waals surface area contributed by atoms with Crippen LogP contribution in [0.4, 0.5) is 11.4 Å². The van der Waals surface area contributed by atoms with Crippen LogP contribution >= 0.6 is 15.9 Å². The molecule has 0 aromatic heterocycles. The van der Waals surface area contributed by atoms with E-state index in [4.69, 9.17) is 14.2 Å². The van der Waals surface area contributed by atoms with Gasteiger partial charge in [0.05, 0.1) is 19.9 Å². The molecule has 0 saturated heterocycles. The van der Waals surface area contributed by atoms with Gasteiger partial charge in [0.25, 0.3) is 5.91 Å². The van der Waals surface area contributed by atoms with Gasteiger partial charge in [-0.1, -0.05) is 15.9 Å². The highest BCUT2D eigenvalue weighted by Crippen LogP contribution is 2.28. The Morgan fingerprint density at radius 1 is 0.895 bits per heavy atom. The van der Waals surface area contributed by atoms with Crippen molar-refractivity contribution in [1.29, 1.82) is 0 Å². The molecule has 0 aliphatic heterocycles. The van der Waals surface area contributed by atoms with Gasteiger partial charge in [-0.15, -0.1) is 0 Å². The van der Waals surface area contributed by atoms with Gasteiger partial charge in [-0.3, -0.25) is 14.4 Å². The lowest BCUT2D eigenvalue weighted by atomic mass is 10.2. The molecule has 3 aromatic rings. The number of hydrazone groups is 1. The summed E-state index contributed by atoms with van der Waals surface area (Å²) in [7, 11) is 1.53. The van der Waals surface area contributed by atoms with Crippen LogP contribution < -0.4 is 30.3 Å². The summed E-state index contributed by atoms with van der Waals surface area (Å²) in [5, 5.41) is 9.08. The highest BCUT2D eigenvalue weighted by atomic mass is 79.9.